The number of halogens is 1. The van der Waals surface area contributed by atoms with E-state index in [1.807, 2.05) is 43.5 Å². The van der Waals surface area contributed by atoms with E-state index in [1.54, 1.807) is 0 Å². The molecule has 0 bridgehead atoms. The SMILES string of the molecule is Cc1cc(Br)ccc1NC(=O)c1cccn1C1CCC1. The van der Waals surface area contributed by atoms with Crippen molar-refractivity contribution >= 4 is 27.5 Å². The molecular weight excluding hydrogens is 316 g/mol. The zero-order chi connectivity index (χ0) is 14.1. The number of benzene rings is 1. The van der Waals surface area contributed by atoms with Gasteiger partial charge in [0.05, 0.1) is 0 Å². The predicted octanol–water partition coefficient (Wildman–Crippen LogP) is 4.54. The van der Waals surface area contributed by atoms with Crippen molar-refractivity contribution in [3.8, 4) is 0 Å². The van der Waals surface area contributed by atoms with Crippen LogP contribution in [0.5, 0.6) is 0 Å². The van der Waals surface area contributed by atoms with E-state index < -0.39 is 0 Å². The van der Waals surface area contributed by atoms with E-state index in [4.69, 9.17) is 0 Å². The van der Waals surface area contributed by atoms with Crippen LogP contribution in [-0.4, -0.2) is 10.5 Å². The number of carbonyl (C=O) groups is 1. The quantitative estimate of drug-likeness (QED) is 0.879. The third-order valence-corrected chi connectivity index (χ3v) is 4.41. The highest BCUT2D eigenvalue weighted by Gasteiger charge is 2.23. The van der Waals surface area contributed by atoms with Crippen LogP contribution >= 0.6 is 15.9 Å². The lowest BCUT2D eigenvalue weighted by Gasteiger charge is -2.28. The second-order valence-corrected chi connectivity index (χ2v) is 6.21. The summed E-state index contributed by atoms with van der Waals surface area (Å²) in [6.45, 7) is 1.99. The third-order valence-electron chi connectivity index (χ3n) is 3.92. The highest BCUT2D eigenvalue weighted by Crippen LogP contribution is 2.33. The first-order valence-electron chi connectivity index (χ1n) is 6.89. The molecule has 0 aliphatic heterocycles. The van der Waals surface area contributed by atoms with Crippen molar-refractivity contribution in [2.45, 2.75) is 32.2 Å². The maximum absolute atomic E-state index is 12.4. The Morgan fingerprint density at radius 3 is 2.80 bits per heavy atom. The lowest BCUT2D eigenvalue weighted by atomic mass is 9.93. The third kappa shape index (κ3) is 2.52. The van der Waals surface area contributed by atoms with Gasteiger partial charge in [0.2, 0.25) is 0 Å². The van der Waals surface area contributed by atoms with Gasteiger partial charge in [-0.25, -0.2) is 0 Å². The summed E-state index contributed by atoms with van der Waals surface area (Å²) in [5.41, 5.74) is 2.66. The van der Waals surface area contributed by atoms with Gasteiger partial charge in [0.1, 0.15) is 5.69 Å². The molecule has 0 radical (unpaired) electrons. The molecule has 1 heterocycles. The molecule has 1 fully saturated rings. The Morgan fingerprint density at radius 1 is 1.35 bits per heavy atom. The molecule has 3 nitrogen and oxygen atoms in total. The van der Waals surface area contributed by atoms with E-state index in [1.165, 1.54) is 19.3 Å². The number of hydrogen-bond donors (Lipinski definition) is 1. The Labute approximate surface area is 127 Å². The van der Waals surface area contributed by atoms with Gasteiger partial charge in [-0.3, -0.25) is 4.79 Å². The fourth-order valence-electron chi connectivity index (χ4n) is 2.52. The lowest BCUT2D eigenvalue weighted by molar-refractivity contribution is 0.101. The summed E-state index contributed by atoms with van der Waals surface area (Å²) in [4.78, 5) is 12.4. The predicted molar refractivity (Wildman–Crippen MR) is 84.2 cm³/mol. The minimum atomic E-state index is -0.0349. The number of anilines is 1. The van der Waals surface area contributed by atoms with Gasteiger partial charge in [-0.05, 0) is 62.1 Å². The van der Waals surface area contributed by atoms with E-state index in [2.05, 4.69) is 25.8 Å². The summed E-state index contributed by atoms with van der Waals surface area (Å²) < 4.78 is 3.12. The van der Waals surface area contributed by atoms with Crippen LogP contribution in [0.3, 0.4) is 0 Å². The Kier molecular flexibility index (Phi) is 3.66. The largest absolute Gasteiger partial charge is 0.340 e. The van der Waals surface area contributed by atoms with Crippen molar-refractivity contribution in [2.75, 3.05) is 5.32 Å². The van der Waals surface area contributed by atoms with Gasteiger partial charge in [-0.15, -0.1) is 0 Å². The second kappa shape index (κ2) is 5.44. The van der Waals surface area contributed by atoms with Crippen LogP contribution in [-0.2, 0) is 0 Å². The van der Waals surface area contributed by atoms with Gasteiger partial charge in [-0.1, -0.05) is 15.9 Å². The fraction of sp³-hybridized carbons (Fsp3) is 0.312. The summed E-state index contributed by atoms with van der Waals surface area (Å²) in [6.07, 6.45) is 5.61. The lowest BCUT2D eigenvalue weighted by Crippen LogP contribution is -2.23. The Hall–Kier alpha value is -1.55. The minimum absolute atomic E-state index is 0.0349. The van der Waals surface area contributed by atoms with Crippen LogP contribution in [0, 0.1) is 6.92 Å². The van der Waals surface area contributed by atoms with Crippen molar-refractivity contribution in [3.05, 3.63) is 52.3 Å². The first kappa shape index (κ1) is 13.4. The first-order chi connectivity index (χ1) is 9.65. The maximum Gasteiger partial charge on any atom is 0.272 e. The average Bonchev–Trinajstić information content (AvgIpc) is 2.79. The van der Waals surface area contributed by atoms with E-state index in [9.17, 15) is 4.79 Å². The van der Waals surface area contributed by atoms with Gasteiger partial charge in [0, 0.05) is 22.4 Å². The number of amides is 1. The van der Waals surface area contributed by atoms with E-state index in [0.29, 0.717) is 6.04 Å². The second-order valence-electron chi connectivity index (χ2n) is 5.30. The van der Waals surface area contributed by atoms with Gasteiger partial charge in [-0.2, -0.15) is 0 Å². The number of aromatic nitrogens is 1. The summed E-state index contributed by atoms with van der Waals surface area (Å²) in [5, 5.41) is 3.00. The molecule has 0 spiro atoms. The average molecular weight is 333 g/mol. The summed E-state index contributed by atoms with van der Waals surface area (Å²) in [6, 6.07) is 10.2. The molecule has 2 aromatic rings. The van der Waals surface area contributed by atoms with Crippen LogP contribution in [0.2, 0.25) is 0 Å². The molecule has 0 atom stereocenters. The molecule has 3 rings (SSSR count). The molecule has 1 aliphatic rings. The highest BCUT2D eigenvalue weighted by atomic mass is 79.9. The number of rotatable bonds is 3. The number of nitrogens with zero attached hydrogens (tertiary/aromatic N) is 1. The molecule has 0 saturated heterocycles. The monoisotopic (exact) mass is 332 g/mol. The first-order valence-corrected chi connectivity index (χ1v) is 7.69. The fourth-order valence-corrected chi connectivity index (χ4v) is 3.00. The smallest absolute Gasteiger partial charge is 0.272 e. The number of aryl methyl sites for hydroxylation is 1. The summed E-state index contributed by atoms with van der Waals surface area (Å²) in [5.74, 6) is -0.0349. The molecule has 1 aliphatic carbocycles. The molecule has 1 amide bonds. The molecule has 1 N–H and O–H groups in total. The van der Waals surface area contributed by atoms with Crippen LogP contribution in [0.1, 0.15) is 41.4 Å². The number of nitrogens with one attached hydrogen (secondary N) is 1. The van der Waals surface area contributed by atoms with Gasteiger partial charge in [0.15, 0.2) is 0 Å². The standard InChI is InChI=1S/C16H17BrN2O/c1-11-10-12(17)7-8-14(11)18-16(20)15-6-3-9-19(15)13-4-2-5-13/h3,6-10,13H,2,4-5H2,1H3,(H,18,20). The van der Waals surface area contributed by atoms with Crippen molar-refractivity contribution in [1.82, 2.24) is 4.57 Å². The summed E-state index contributed by atoms with van der Waals surface area (Å²) in [7, 11) is 0. The van der Waals surface area contributed by atoms with Crippen LogP contribution < -0.4 is 5.32 Å². The zero-order valence-corrected chi connectivity index (χ0v) is 13.0. The van der Waals surface area contributed by atoms with Crippen molar-refractivity contribution < 1.29 is 4.79 Å². The van der Waals surface area contributed by atoms with E-state index in [0.717, 1.165) is 21.4 Å². The Balaban J connectivity index is 1.81. The molecule has 1 aromatic carbocycles. The molecule has 20 heavy (non-hydrogen) atoms. The Morgan fingerprint density at radius 2 is 2.15 bits per heavy atom. The molecule has 0 unspecified atom stereocenters. The summed E-state index contributed by atoms with van der Waals surface area (Å²) >= 11 is 3.43. The van der Waals surface area contributed by atoms with Crippen molar-refractivity contribution in [3.63, 3.8) is 0 Å². The van der Waals surface area contributed by atoms with Gasteiger partial charge in [0.25, 0.3) is 5.91 Å². The molecule has 4 heteroatoms. The zero-order valence-electron chi connectivity index (χ0n) is 11.4. The number of hydrogen-bond acceptors (Lipinski definition) is 1. The van der Waals surface area contributed by atoms with Crippen molar-refractivity contribution in [1.29, 1.82) is 0 Å². The van der Waals surface area contributed by atoms with Crippen molar-refractivity contribution in [2.24, 2.45) is 0 Å². The number of carbonyl (C=O) groups excluding carboxylic acids is 1. The van der Waals surface area contributed by atoms with E-state index in [-0.39, 0.29) is 5.91 Å². The highest BCUT2D eigenvalue weighted by molar-refractivity contribution is 9.10. The topological polar surface area (TPSA) is 34.0 Å². The van der Waals surface area contributed by atoms with Gasteiger partial charge < -0.3 is 9.88 Å². The molecule has 104 valence electrons. The maximum atomic E-state index is 12.4. The molecule has 1 aromatic heterocycles. The van der Waals surface area contributed by atoms with Crippen LogP contribution in [0.4, 0.5) is 5.69 Å². The molecular formula is C16H17BrN2O. The molecule has 1 saturated carbocycles. The minimum Gasteiger partial charge on any atom is -0.340 e. The van der Waals surface area contributed by atoms with Crippen LogP contribution in [0.15, 0.2) is 41.0 Å². The van der Waals surface area contributed by atoms with Crippen LogP contribution in [0.25, 0.3) is 0 Å². The Bertz CT molecular complexity index is 644. The van der Waals surface area contributed by atoms with Gasteiger partial charge >= 0.3 is 0 Å². The normalized spacial score (nSPS) is 14.9. The van der Waals surface area contributed by atoms with E-state index >= 15 is 0 Å².